The van der Waals surface area contributed by atoms with Gasteiger partial charge in [-0.3, -0.25) is 0 Å². The first-order valence-electron chi connectivity index (χ1n) is 18.4. The number of halogens is 12. The second kappa shape index (κ2) is 116. The van der Waals surface area contributed by atoms with Crippen LogP contribution in [0.2, 0.25) is 0 Å². The molecule has 0 radical (unpaired) electrons. The van der Waals surface area contributed by atoms with E-state index in [2.05, 4.69) is 84.4 Å². The Kier molecular flexibility index (Phi) is 232. The molecule has 6 heterocycles. The number of hydrogen-bond donors (Lipinski definition) is 0. The maximum atomic E-state index is 2.23. The normalized spacial score (nSPS) is 15.8. The summed E-state index contributed by atoms with van der Waals surface area (Å²) in [5.41, 5.74) is 0. The summed E-state index contributed by atoms with van der Waals surface area (Å²) in [6.45, 7) is 4.46. The van der Waals surface area contributed by atoms with Gasteiger partial charge in [0.05, 0.1) is 0 Å². The second-order valence-corrected chi connectivity index (χ2v) is 19.1. The summed E-state index contributed by atoms with van der Waals surface area (Å²) in [6.07, 6.45) is 32.0. The zero-order valence-electron chi connectivity index (χ0n) is 34.7. The van der Waals surface area contributed by atoms with Crippen LogP contribution in [0.3, 0.4) is 0 Å². The molecule has 58 heavy (non-hydrogen) atoms. The van der Waals surface area contributed by atoms with Gasteiger partial charge in [0.15, 0.2) is 0 Å². The Balaban J connectivity index is -0.0000000216. The van der Waals surface area contributed by atoms with Crippen LogP contribution in [0.4, 0.5) is 0 Å². The molecule has 6 aliphatic rings. The van der Waals surface area contributed by atoms with Gasteiger partial charge in [-0.15, -0.1) is 0 Å². The van der Waals surface area contributed by atoms with Gasteiger partial charge in [-0.1, -0.05) is 78.1 Å². The summed E-state index contributed by atoms with van der Waals surface area (Å²) in [5, 5.41) is 0. The van der Waals surface area contributed by atoms with Crippen molar-refractivity contribution in [3.8, 4) is 0 Å². The molecule has 0 N–H and O–H groups in total. The molecular weight excluding hydrogens is 1790 g/mol. The van der Waals surface area contributed by atoms with Gasteiger partial charge in [0, 0.05) is 84.3 Å². The van der Waals surface area contributed by atoms with Gasteiger partial charge in [0.2, 0.25) is 0 Å². The van der Waals surface area contributed by atoms with Crippen LogP contribution in [-0.4, -0.2) is 69.0 Å². The summed E-state index contributed by atoms with van der Waals surface area (Å²) in [5.74, 6) is 17.0. The quantitative estimate of drug-likeness (QED) is 0.257. The third-order valence-electron chi connectivity index (χ3n) is 7.42. The van der Waals surface area contributed by atoms with Crippen LogP contribution in [0, 0.1) is 0 Å². The van der Waals surface area contributed by atoms with Crippen molar-refractivity contribution in [2.75, 3.05) is 69.0 Å². The molecule has 0 saturated carbocycles. The van der Waals surface area contributed by atoms with E-state index >= 15 is 0 Å². The fraction of sp³-hybridized carbons (Fsp3) is 1.00. The first kappa shape index (κ1) is 116. The van der Waals surface area contributed by atoms with Crippen molar-refractivity contribution in [1.29, 1.82) is 0 Å². The summed E-state index contributed by atoms with van der Waals surface area (Å²) >= 11 is 12.6. The minimum absolute atomic E-state index is 0. The second-order valence-electron chi connectivity index (χ2n) is 11.7. The minimum atomic E-state index is 0. The van der Waals surface area contributed by atoms with Crippen molar-refractivity contribution < 1.29 is 233 Å². The fourth-order valence-electron chi connectivity index (χ4n) is 4.62. The average Bonchev–Trinajstić information content (AvgIpc) is 3.13. The Morgan fingerprint density at radius 2 is 0.310 bits per heavy atom. The van der Waals surface area contributed by atoms with E-state index in [9.17, 15) is 0 Å². The third-order valence-corrected chi connectivity index (χ3v) is 14.3. The van der Waals surface area contributed by atoms with Crippen molar-refractivity contribution in [2.24, 2.45) is 0 Å². The van der Waals surface area contributed by atoms with Gasteiger partial charge in [0.25, 0.3) is 0 Å². The molecule has 22 heteroatoms. The first-order valence-corrected chi connectivity index (χ1v) is 25.3. The smallest absolute Gasteiger partial charge is 0 e. The van der Waals surface area contributed by atoms with Crippen LogP contribution < -0.4 is 149 Å². The van der Waals surface area contributed by atoms with Crippen molar-refractivity contribution in [2.45, 2.75) is 155 Å². The van der Waals surface area contributed by atoms with Crippen LogP contribution in [-0.2, 0) is 84.3 Å². The topological polar surface area (TPSA) is 0 Å². The number of hydrogen-bond acceptors (Lipinski definition) is 6. The Morgan fingerprint density at radius 1 is 0.207 bits per heavy atom. The van der Waals surface area contributed by atoms with Crippen molar-refractivity contribution in [3.05, 3.63) is 0 Å². The van der Waals surface area contributed by atoms with Crippen LogP contribution >= 0.6 is 70.6 Å². The zero-order valence-corrected chi connectivity index (χ0v) is 60.4. The molecule has 0 amide bonds. The van der Waals surface area contributed by atoms with Crippen LogP contribution in [0.5, 0.6) is 0 Å². The Hall–Kier alpha value is 8.33. The van der Waals surface area contributed by atoms with Crippen molar-refractivity contribution in [3.63, 3.8) is 0 Å². The molecule has 0 nitrogen and oxygen atoms in total. The molecule has 0 aromatic carbocycles. The monoisotopic (exact) mass is 1850 g/mol. The molecule has 374 valence electrons. The fourth-order valence-corrected chi connectivity index (χ4v) is 10.7. The van der Waals surface area contributed by atoms with Gasteiger partial charge < -0.3 is 149 Å². The molecule has 6 fully saturated rings. The molecule has 0 aliphatic carbocycles. The van der Waals surface area contributed by atoms with Crippen LogP contribution in [0.15, 0.2) is 0 Å². The van der Waals surface area contributed by atoms with E-state index in [1.807, 2.05) is 0 Å². The van der Waals surface area contributed by atoms with E-state index in [-0.39, 0.29) is 233 Å². The first-order chi connectivity index (χ1) is 20.9. The van der Waals surface area contributed by atoms with Gasteiger partial charge in [0.1, 0.15) is 0 Å². The molecule has 6 saturated heterocycles. The average molecular weight is 1860 g/mol. The molecule has 6 rings (SSSR count). The summed E-state index contributed by atoms with van der Waals surface area (Å²) in [7, 11) is 0. The molecular formula is C36H74Cl12S6W4-12. The van der Waals surface area contributed by atoms with Gasteiger partial charge in [-0.05, 0) is 146 Å². The van der Waals surface area contributed by atoms with E-state index in [1.165, 1.54) is 210 Å². The van der Waals surface area contributed by atoms with E-state index in [0.717, 1.165) is 0 Å². The summed E-state index contributed by atoms with van der Waals surface area (Å²) in [4.78, 5) is 0. The van der Waals surface area contributed by atoms with E-state index in [0.29, 0.717) is 0 Å². The molecule has 0 bridgehead atoms. The maximum Gasteiger partial charge on any atom is 0 e. The van der Waals surface area contributed by atoms with E-state index < -0.39 is 0 Å². The number of unbranched alkanes of at least 4 members (excludes halogenated alkanes) is 3. The summed E-state index contributed by atoms with van der Waals surface area (Å²) < 4.78 is 0. The predicted octanol–water partition coefficient (Wildman–Crippen LogP) is -22.0. The number of rotatable bonds is 3. The van der Waals surface area contributed by atoms with Gasteiger partial charge >= 0.3 is 0 Å². The molecule has 0 unspecified atom stereocenters. The zero-order chi connectivity index (χ0) is 30.3. The summed E-state index contributed by atoms with van der Waals surface area (Å²) in [6, 6.07) is 0. The Bertz CT molecular complexity index is 323. The Morgan fingerprint density at radius 3 is 0.345 bits per heavy atom. The third kappa shape index (κ3) is 115. The SMILES string of the molecule is C1CCSCC1.C1CCSCC1.C1CCSCC1.C1CCSCC1.C1CCSCC1.C1CCSCC1.CCCCCC.[Cl-].[Cl-].[Cl-].[Cl-].[Cl-].[Cl-].[Cl-].[Cl-].[Cl-].[Cl-].[Cl-].[Cl-].[W].[W].[W].[W]. The maximum absolute atomic E-state index is 2.23. The van der Waals surface area contributed by atoms with E-state index in [4.69, 9.17) is 0 Å². The largest absolute Gasteiger partial charge is 1.00 e. The molecule has 0 aromatic heterocycles. The van der Waals surface area contributed by atoms with Gasteiger partial charge in [-0.2, -0.15) is 70.6 Å². The van der Waals surface area contributed by atoms with Crippen LogP contribution in [0.25, 0.3) is 0 Å². The molecule has 6 aliphatic heterocycles. The minimum Gasteiger partial charge on any atom is -1.00 e. The molecule has 0 atom stereocenters. The van der Waals surface area contributed by atoms with Crippen molar-refractivity contribution >= 4 is 70.6 Å². The Labute approximate surface area is 520 Å². The standard InChI is InChI=1S/C6H14.6C5H10S.12ClH.4W/c1-3-5-6-4-2;6*1-2-4-6-5-3-1;;;;;;;;;;;;;;;;/h3-6H2,1-2H3;6*1-5H2;12*1H;;;;/p-12. The van der Waals surface area contributed by atoms with Crippen molar-refractivity contribution in [1.82, 2.24) is 0 Å². The van der Waals surface area contributed by atoms with E-state index in [1.54, 1.807) is 0 Å². The number of thioether (sulfide) groups is 6. The van der Waals surface area contributed by atoms with Gasteiger partial charge in [-0.25, -0.2) is 0 Å². The molecule has 0 aromatic rings. The molecule has 0 spiro atoms. The van der Waals surface area contributed by atoms with Crippen LogP contribution in [0.1, 0.15) is 155 Å². The predicted molar refractivity (Wildman–Crippen MR) is 217 cm³/mol.